The predicted octanol–water partition coefficient (Wildman–Crippen LogP) is 2.79. The number of hydrogen-bond donors (Lipinski definition) is 1. The molecule has 2 aromatic rings. The lowest BCUT2D eigenvalue weighted by atomic mass is 10.2. The fraction of sp³-hybridized carbons (Fsp3) is 0.375. The Hall–Kier alpha value is -2.58. The van der Waals surface area contributed by atoms with Crippen molar-refractivity contribution in [3.63, 3.8) is 0 Å². The number of nitrogens with zero attached hydrogens (tertiary/aromatic N) is 4. The summed E-state index contributed by atoms with van der Waals surface area (Å²) in [4.78, 5) is 5.80. The maximum atomic E-state index is 13.0. The van der Waals surface area contributed by atoms with Gasteiger partial charge in [-0.1, -0.05) is 12.1 Å². The first-order valence-corrected chi connectivity index (χ1v) is 7.46. The molecule has 1 heterocycles. The van der Waals surface area contributed by atoms with E-state index in [4.69, 9.17) is 0 Å². The fourth-order valence-corrected chi connectivity index (χ4v) is 2.40. The first-order chi connectivity index (χ1) is 11.7. The molecular formula is C16H19F4N5. The van der Waals surface area contributed by atoms with Crippen LogP contribution in [-0.4, -0.2) is 34.7 Å². The van der Waals surface area contributed by atoms with Gasteiger partial charge in [0.1, 0.15) is 5.82 Å². The van der Waals surface area contributed by atoms with E-state index in [-0.39, 0.29) is 17.9 Å². The maximum Gasteiger partial charge on any atom is 0.435 e. The molecule has 25 heavy (non-hydrogen) atoms. The lowest BCUT2D eigenvalue weighted by molar-refractivity contribution is -0.142. The van der Waals surface area contributed by atoms with Gasteiger partial charge in [-0.05, 0) is 17.7 Å². The smallest absolute Gasteiger partial charge is 0.352 e. The van der Waals surface area contributed by atoms with Gasteiger partial charge in [0.2, 0.25) is 0 Å². The molecule has 2 rings (SSSR count). The van der Waals surface area contributed by atoms with Crippen molar-refractivity contribution in [2.24, 2.45) is 12.0 Å². The quantitative estimate of drug-likeness (QED) is 0.520. The zero-order chi connectivity index (χ0) is 18.6. The van der Waals surface area contributed by atoms with Crippen molar-refractivity contribution in [1.82, 2.24) is 20.0 Å². The third-order valence-electron chi connectivity index (χ3n) is 3.52. The van der Waals surface area contributed by atoms with Gasteiger partial charge >= 0.3 is 6.18 Å². The van der Waals surface area contributed by atoms with Crippen LogP contribution in [0.15, 0.2) is 35.5 Å². The maximum absolute atomic E-state index is 13.0. The highest BCUT2D eigenvalue weighted by molar-refractivity contribution is 5.79. The van der Waals surface area contributed by atoms with Gasteiger partial charge in [0.25, 0.3) is 0 Å². The van der Waals surface area contributed by atoms with Gasteiger partial charge in [0.15, 0.2) is 11.7 Å². The van der Waals surface area contributed by atoms with E-state index in [0.29, 0.717) is 12.5 Å². The summed E-state index contributed by atoms with van der Waals surface area (Å²) < 4.78 is 53.0. The van der Waals surface area contributed by atoms with Crippen LogP contribution in [0, 0.1) is 5.82 Å². The van der Waals surface area contributed by atoms with Gasteiger partial charge in [-0.15, -0.1) is 0 Å². The molecule has 0 fully saturated rings. The Morgan fingerprint density at radius 1 is 1.28 bits per heavy atom. The second-order valence-electron chi connectivity index (χ2n) is 5.56. The third-order valence-corrected chi connectivity index (χ3v) is 3.52. The van der Waals surface area contributed by atoms with Gasteiger partial charge in [-0.25, -0.2) is 4.39 Å². The standard InChI is InChI=1S/C16H19F4N5/c1-21-15(24(2)9-11-4-6-13(17)7-5-11)22-8-12-10-25(3)23-14(12)16(18,19)20/h4-7,10H,8-9H2,1-3H3,(H,21,22). The van der Waals surface area contributed by atoms with Crippen LogP contribution < -0.4 is 5.32 Å². The topological polar surface area (TPSA) is 45.5 Å². The highest BCUT2D eigenvalue weighted by Gasteiger charge is 2.36. The van der Waals surface area contributed by atoms with Gasteiger partial charge in [-0.3, -0.25) is 9.67 Å². The number of halogens is 4. The lowest BCUT2D eigenvalue weighted by Gasteiger charge is -2.22. The zero-order valence-electron chi connectivity index (χ0n) is 14.1. The van der Waals surface area contributed by atoms with Gasteiger partial charge < -0.3 is 10.2 Å². The van der Waals surface area contributed by atoms with Crippen molar-refractivity contribution in [2.45, 2.75) is 19.3 Å². The molecule has 136 valence electrons. The number of guanidine groups is 1. The number of rotatable bonds is 4. The van der Waals surface area contributed by atoms with Gasteiger partial charge in [0.05, 0.1) is 0 Å². The molecule has 0 unspecified atom stereocenters. The molecular weight excluding hydrogens is 338 g/mol. The van der Waals surface area contributed by atoms with E-state index in [9.17, 15) is 17.6 Å². The number of hydrogen-bond acceptors (Lipinski definition) is 2. The number of alkyl halides is 3. The number of aryl methyl sites for hydroxylation is 1. The van der Waals surface area contributed by atoms with Gasteiger partial charge in [-0.2, -0.15) is 18.3 Å². The van der Waals surface area contributed by atoms with Crippen LogP contribution in [0.4, 0.5) is 17.6 Å². The molecule has 0 aliphatic rings. The largest absolute Gasteiger partial charge is 0.435 e. The molecule has 1 N–H and O–H groups in total. The molecule has 0 saturated carbocycles. The Balaban J connectivity index is 2.04. The van der Waals surface area contributed by atoms with Crippen molar-refractivity contribution in [3.8, 4) is 0 Å². The molecule has 1 aromatic carbocycles. The van der Waals surface area contributed by atoms with E-state index in [1.54, 1.807) is 24.1 Å². The van der Waals surface area contributed by atoms with E-state index in [1.165, 1.54) is 32.4 Å². The predicted molar refractivity (Wildman–Crippen MR) is 86.3 cm³/mol. The van der Waals surface area contributed by atoms with Crippen LogP contribution in [0.2, 0.25) is 0 Å². The van der Waals surface area contributed by atoms with Crippen molar-refractivity contribution < 1.29 is 17.6 Å². The average Bonchev–Trinajstić information content (AvgIpc) is 2.91. The highest BCUT2D eigenvalue weighted by atomic mass is 19.4. The SMILES string of the molecule is CN=C(NCc1cn(C)nc1C(F)(F)F)N(C)Cc1ccc(F)cc1. The number of nitrogens with one attached hydrogen (secondary N) is 1. The number of aliphatic imine (C=N–C) groups is 1. The minimum Gasteiger partial charge on any atom is -0.352 e. The molecule has 5 nitrogen and oxygen atoms in total. The zero-order valence-corrected chi connectivity index (χ0v) is 14.1. The van der Waals surface area contributed by atoms with Crippen LogP contribution in [-0.2, 0) is 26.3 Å². The normalized spacial score (nSPS) is 12.4. The summed E-state index contributed by atoms with van der Waals surface area (Å²) in [6.45, 7) is 0.363. The Bertz CT molecular complexity index is 734. The summed E-state index contributed by atoms with van der Waals surface area (Å²) in [5.41, 5.74) is -0.0327. The monoisotopic (exact) mass is 357 g/mol. The van der Waals surface area contributed by atoms with E-state index >= 15 is 0 Å². The van der Waals surface area contributed by atoms with Gasteiger partial charge in [0, 0.05) is 46.0 Å². The first kappa shape index (κ1) is 18.8. The summed E-state index contributed by atoms with van der Waals surface area (Å²) in [7, 11) is 4.72. The molecule has 1 aromatic heterocycles. The van der Waals surface area contributed by atoms with Crippen molar-refractivity contribution in [2.75, 3.05) is 14.1 Å². The second-order valence-corrected chi connectivity index (χ2v) is 5.56. The van der Waals surface area contributed by atoms with Crippen LogP contribution in [0.1, 0.15) is 16.8 Å². The van der Waals surface area contributed by atoms with E-state index in [2.05, 4.69) is 15.4 Å². The average molecular weight is 357 g/mol. The Kier molecular flexibility index (Phi) is 5.66. The Labute approximate surface area is 143 Å². The molecule has 9 heteroatoms. The minimum atomic E-state index is -4.51. The lowest BCUT2D eigenvalue weighted by Crippen LogP contribution is -2.38. The summed E-state index contributed by atoms with van der Waals surface area (Å²) in [6.07, 6.45) is -3.19. The summed E-state index contributed by atoms with van der Waals surface area (Å²) in [6, 6.07) is 5.99. The van der Waals surface area contributed by atoms with E-state index in [1.807, 2.05) is 0 Å². The summed E-state index contributed by atoms with van der Waals surface area (Å²) in [5.74, 6) is 0.0893. The summed E-state index contributed by atoms with van der Waals surface area (Å²) >= 11 is 0. The molecule has 0 aliphatic heterocycles. The molecule has 0 amide bonds. The first-order valence-electron chi connectivity index (χ1n) is 7.46. The van der Waals surface area contributed by atoms with E-state index in [0.717, 1.165) is 10.2 Å². The van der Waals surface area contributed by atoms with Crippen LogP contribution in [0.3, 0.4) is 0 Å². The molecule has 0 atom stereocenters. The highest BCUT2D eigenvalue weighted by Crippen LogP contribution is 2.30. The Morgan fingerprint density at radius 3 is 2.48 bits per heavy atom. The number of benzene rings is 1. The van der Waals surface area contributed by atoms with Crippen molar-refractivity contribution in [1.29, 1.82) is 0 Å². The molecule has 0 radical (unpaired) electrons. The number of aromatic nitrogens is 2. The Morgan fingerprint density at radius 2 is 1.92 bits per heavy atom. The molecule has 0 spiro atoms. The van der Waals surface area contributed by atoms with Crippen molar-refractivity contribution >= 4 is 5.96 Å². The molecule has 0 aliphatic carbocycles. The summed E-state index contributed by atoms with van der Waals surface area (Å²) in [5, 5.41) is 6.36. The third kappa shape index (κ3) is 4.94. The van der Waals surface area contributed by atoms with Crippen LogP contribution in [0.5, 0.6) is 0 Å². The molecule has 0 saturated heterocycles. The van der Waals surface area contributed by atoms with Crippen molar-refractivity contribution in [3.05, 3.63) is 53.1 Å². The van der Waals surface area contributed by atoms with Crippen LogP contribution >= 0.6 is 0 Å². The van der Waals surface area contributed by atoms with E-state index < -0.39 is 11.9 Å². The fourth-order valence-electron chi connectivity index (χ4n) is 2.40. The second kappa shape index (κ2) is 7.54. The van der Waals surface area contributed by atoms with Crippen LogP contribution in [0.25, 0.3) is 0 Å². The molecule has 0 bridgehead atoms. The minimum absolute atomic E-state index is 0.0336.